The van der Waals surface area contributed by atoms with Crippen molar-refractivity contribution >= 4 is 11.9 Å². The molecular formula is C25H21F4N5O2. The third kappa shape index (κ3) is 4.05. The van der Waals surface area contributed by atoms with Gasteiger partial charge in [-0.1, -0.05) is 6.07 Å². The molecule has 2 aromatic heterocycles. The Bertz CT molecular complexity index is 1470. The van der Waals surface area contributed by atoms with Gasteiger partial charge in [-0.15, -0.1) is 5.10 Å². The van der Waals surface area contributed by atoms with E-state index < -0.39 is 28.9 Å². The summed E-state index contributed by atoms with van der Waals surface area (Å²) in [6, 6.07) is 6.50. The van der Waals surface area contributed by atoms with Gasteiger partial charge in [0.15, 0.2) is 29.1 Å². The Kier molecular flexibility index (Phi) is 5.87. The molecule has 0 spiro atoms. The van der Waals surface area contributed by atoms with Crippen LogP contribution in [0.5, 0.6) is 5.75 Å². The number of methoxy groups -OCH3 is 1. The molecule has 0 aliphatic carbocycles. The van der Waals surface area contributed by atoms with Gasteiger partial charge in [-0.05, 0) is 61.2 Å². The van der Waals surface area contributed by atoms with Crippen LogP contribution in [0.3, 0.4) is 0 Å². The van der Waals surface area contributed by atoms with E-state index in [9.17, 15) is 18.3 Å². The molecule has 1 aliphatic rings. The molecule has 4 aromatic rings. The van der Waals surface area contributed by atoms with E-state index in [4.69, 9.17) is 4.74 Å². The van der Waals surface area contributed by atoms with Crippen molar-refractivity contribution in [1.29, 1.82) is 0 Å². The molecular weight excluding hydrogens is 478 g/mol. The number of aliphatic hydroxyl groups is 1. The minimum Gasteiger partial charge on any atom is -0.495 e. The van der Waals surface area contributed by atoms with Crippen LogP contribution >= 0.6 is 0 Å². The van der Waals surface area contributed by atoms with Crippen LogP contribution in [-0.4, -0.2) is 36.5 Å². The highest BCUT2D eigenvalue weighted by Crippen LogP contribution is 2.38. The molecule has 0 bridgehead atoms. The molecule has 0 saturated heterocycles. The molecule has 2 aromatic carbocycles. The first-order valence-corrected chi connectivity index (χ1v) is 11.1. The number of fused-ring (bicyclic) bond motifs is 1. The summed E-state index contributed by atoms with van der Waals surface area (Å²) < 4.78 is 64.9. The van der Waals surface area contributed by atoms with Crippen molar-refractivity contribution in [2.24, 2.45) is 0 Å². The first-order chi connectivity index (χ1) is 17.2. The highest BCUT2D eigenvalue weighted by Gasteiger charge is 2.41. The van der Waals surface area contributed by atoms with Crippen LogP contribution < -0.4 is 4.74 Å². The third-order valence-corrected chi connectivity index (χ3v) is 6.11. The zero-order valence-electron chi connectivity index (χ0n) is 19.3. The lowest BCUT2D eigenvalue weighted by atomic mass is 9.86. The van der Waals surface area contributed by atoms with Crippen molar-refractivity contribution in [2.45, 2.75) is 31.9 Å². The summed E-state index contributed by atoms with van der Waals surface area (Å²) in [5, 5.41) is 15.4. The van der Waals surface area contributed by atoms with Gasteiger partial charge in [0.05, 0.1) is 24.8 Å². The van der Waals surface area contributed by atoms with E-state index in [1.165, 1.54) is 17.9 Å². The molecule has 3 heterocycles. The lowest BCUT2D eigenvalue weighted by molar-refractivity contribution is 0.0387. The average molecular weight is 499 g/mol. The van der Waals surface area contributed by atoms with Gasteiger partial charge in [-0.2, -0.15) is 0 Å². The van der Waals surface area contributed by atoms with E-state index in [2.05, 4.69) is 15.1 Å². The number of hydrogen-bond donors (Lipinski definition) is 1. The quantitative estimate of drug-likeness (QED) is 0.318. The molecule has 0 radical (unpaired) electrons. The number of aryl methyl sites for hydroxylation is 2. The molecule has 7 nitrogen and oxygen atoms in total. The van der Waals surface area contributed by atoms with E-state index >= 15 is 4.39 Å². The predicted molar refractivity (Wildman–Crippen MR) is 122 cm³/mol. The van der Waals surface area contributed by atoms with Crippen molar-refractivity contribution < 1.29 is 27.4 Å². The fourth-order valence-corrected chi connectivity index (χ4v) is 4.33. The fourth-order valence-electron chi connectivity index (χ4n) is 4.33. The van der Waals surface area contributed by atoms with Crippen LogP contribution in [-0.2, 0) is 12.1 Å². The molecule has 1 aliphatic heterocycles. The van der Waals surface area contributed by atoms with Gasteiger partial charge in [0.1, 0.15) is 11.4 Å². The van der Waals surface area contributed by atoms with E-state index in [-0.39, 0.29) is 23.6 Å². The van der Waals surface area contributed by atoms with Gasteiger partial charge >= 0.3 is 0 Å². The van der Waals surface area contributed by atoms with Crippen LogP contribution in [0.1, 0.15) is 41.3 Å². The Morgan fingerprint density at radius 3 is 2.58 bits per heavy atom. The van der Waals surface area contributed by atoms with Crippen molar-refractivity contribution in [1.82, 2.24) is 24.3 Å². The van der Waals surface area contributed by atoms with Gasteiger partial charge in [-0.3, -0.25) is 0 Å². The Morgan fingerprint density at radius 1 is 1.17 bits per heavy atom. The van der Waals surface area contributed by atoms with Crippen LogP contribution in [0.2, 0.25) is 0 Å². The van der Waals surface area contributed by atoms with Gasteiger partial charge in [0.25, 0.3) is 0 Å². The van der Waals surface area contributed by atoms with Gasteiger partial charge in [-0.25, -0.2) is 32.2 Å². The van der Waals surface area contributed by atoms with Crippen LogP contribution in [0.15, 0.2) is 42.9 Å². The third-order valence-electron chi connectivity index (χ3n) is 6.11. The monoisotopic (exact) mass is 499 g/mol. The van der Waals surface area contributed by atoms with Gasteiger partial charge in [0, 0.05) is 12.7 Å². The summed E-state index contributed by atoms with van der Waals surface area (Å²) in [6.45, 7) is 2.17. The second-order valence-corrected chi connectivity index (χ2v) is 8.55. The molecule has 0 amide bonds. The number of ether oxygens (including phenoxy) is 1. The smallest absolute Gasteiger partial charge is 0.210 e. The standard InChI is InChI=1S/C25H21F4N5O2/c1-14-12-33(13-30-14)20-5-4-15(9-21(20)36-2)8-19(28)23-31-24-25(35,6-3-7-34(24)32-23)16-10-17(26)22(29)18(27)11-16/h4-5,8-13,35H,3,6-7H2,1-2H3/b19-8-. The molecule has 186 valence electrons. The van der Waals surface area contributed by atoms with Crippen LogP contribution in [0.25, 0.3) is 17.6 Å². The second kappa shape index (κ2) is 8.90. The number of aromatic nitrogens is 5. The van der Waals surface area contributed by atoms with E-state index in [0.717, 1.165) is 11.4 Å². The Morgan fingerprint density at radius 2 is 1.92 bits per heavy atom. The minimum atomic E-state index is -1.97. The summed E-state index contributed by atoms with van der Waals surface area (Å²) in [5.41, 5.74) is -0.176. The first-order valence-electron chi connectivity index (χ1n) is 11.1. The predicted octanol–water partition coefficient (Wildman–Crippen LogP) is 4.70. The van der Waals surface area contributed by atoms with Gasteiger partial charge in [0.2, 0.25) is 5.82 Å². The number of benzene rings is 2. The molecule has 1 N–H and O–H groups in total. The molecule has 5 rings (SSSR count). The molecule has 36 heavy (non-hydrogen) atoms. The Balaban J connectivity index is 1.50. The summed E-state index contributed by atoms with van der Waals surface area (Å²) >= 11 is 0. The largest absolute Gasteiger partial charge is 0.495 e. The van der Waals surface area contributed by atoms with E-state index in [1.807, 2.05) is 13.1 Å². The fraction of sp³-hybridized carbons (Fsp3) is 0.240. The second-order valence-electron chi connectivity index (χ2n) is 8.55. The van der Waals surface area contributed by atoms with Crippen molar-refractivity contribution in [3.05, 3.63) is 88.8 Å². The Labute approximate surface area is 203 Å². The summed E-state index contributed by atoms with van der Waals surface area (Å²) in [6.07, 6.45) is 5.11. The number of nitrogens with zero attached hydrogens (tertiary/aromatic N) is 5. The number of rotatable bonds is 5. The topological polar surface area (TPSA) is 78.0 Å². The summed E-state index contributed by atoms with van der Waals surface area (Å²) in [5.74, 6) is -5.21. The summed E-state index contributed by atoms with van der Waals surface area (Å²) in [4.78, 5) is 8.34. The van der Waals surface area contributed by atoms with E-state index in [0.29, 0.717) is 36.4 Å². The lowest BCUT2D eigenvalue weighted by Gasteiger charge is -2.31. The maximum Gasteiger partial charge on any atom is 0.210 e. The minimum absolute atomic E-state index is 0.0490. The maximum absolute atomic E-state index is 15.2. The average Bonchev–Trinajstić information content (AvgIpc) is 3.49. The highest BCUT2D eigenvalue weighted by molar-refractivity contribution is 5.75. The molecule has 0 saturated carbocycles. The highest BCUT2D eigenvalue weighted by atomic mass is 19.2. The summed E-state index contributed by atoms with van der Waals surface area (Å²) in [7, 11) is 1.50. The molecule has 1 atom stereocenters. The Hall–Kier alpha value is -3.99. The molecule has 11 heteroatoms. The molecule has 0 fully saturated rings. The van der Waals surface area contributed by atoms with Crippen molar-refractivity contribution in [2.75, 3.05) is 7.11 Å². The lowest BCUT2D eigenvalue weighted by Crippen LogP contribution is -2.36. The first kappa shape index (κ1) is 23.7. The SMILES string of the molecule is COc1cc(/C=C(\F)c2nc3n(n2)CCCC3(O)c2cc(F)c(F)c(F)c2)ccc1-n1cnc(C)c1. The zero-order valence-corrected chi connectivity index (χ0v) is 19.3. The number of halogens is 4. The van der Waals surface area contributed by atoms with E-state index in [1.54, 1.807) is 29.1 Å². The number of imidazole rings is 1. The van der Waals surface area contributed by atoms with Crippen LogP contribution in [0.4, 0.5) is 17.6 Å². The zero-order chi connectivity index (χ0) is 25.6. The van der Waals surface area contributed by atoms with Crippen molar-refractivity contribution in [3.63, 3.8) is 0 Å². The normalized spacial score (nSPS) is 17.8. The molecule has 1 unspecified atom stereocenters. The van der Waals surface area contributed by atoms with Gasteiger partial charge < -0.3 is 14.4 Å². The van der Waals surface area contributed by atoms with Crippen LogP contribution in [0, 0.1) is 24.4 Å². The number of hydrogen-bond acceptors (Lipinski definition) is 5. The van der Waals surface area contributed by atoms with Crippen molar-refractivity contribution in [3.8, 4) is 11.4 Å². The maximum atomic E-state index is 15.2.